The fourth-order valence-corrected chi connectivity index (χ4v) is 4.24. The van der Waals surface area contributed by atoms with Gasteiger partial charge in [0.2, 0.25) is 0 Å². The van der Waals surface area contributed by atoms with Crippen LogP contribution in [0.4, 0.5) is 10.5 Å². The second-order valence-electron chi connectivity index (χ2n) is 6.10. The predicted molar refractivity (Wildman–Crippen MR) is 87.9 cm³/mol. The van der Waals surface area contributed by atoms with Crippen LogP contribution in [0.15, 0.2) is 41.8 Å². The summed E-state index contributed by atoms with van der Waals surface area (Å²) < 4.78 is 26.5. The summed E-state index contributed by atoms with van der Waals surface area (Å²) in [5.41, 5.74) is -1.03. The van der Waals surface area contributed by atoms with E-state index in [1.54, 1.807) is 6.92 Å². The molecule has 0 spiro atoms. The highest BCUT2D eigenvalue weighted by atomic mass is 32.2. The van der Waals surface area contributed by atoms with Crippen LogP contribution in [0.25, 0.3) is 0 Å². The Morgan fingerprint density at radius 2 is 1.92 bits per heavy atom. The Labute approximate surface area is 140 Å². The summed E-state index contributed by atoms with van der Waals surface area (Å²) in [5, 5.41) is 13.4. The molecule has 8 nitrogen and oxygen atoms in total. The van der Waals surface area contributed by atoms with Crippen molar-refractivity contribution in [2.75, 3.05) is 0 Å². The van der Waals surface area contributed by atoms with Crippen LogP contribution in [0.1, 0.15) is 20.8 Å². The molecule has 1 aromatic carbocycles. The number of nitro benzene ring substituents is 1. The molecule has 9 heteroatoms. The van der Waals surface area contributed by atoms with Gasteiger partial charge in [-0.05, 0) is 25.0 Å². The van der Waals surface area contributed by atoms with Gasteiger partial charge in [0.25, 0.3) is 15.7 Å². The molecule has 1 heterocycles. The normalized spacial score (nSPS) is 24.1. The maximum Gasteiger partial charge on any atom is 0.332 e. The predicted octanol–water partition coefficient (Wildman–Crippen LogP) is 2.28. The summed E-state index contributed by atoms with van der Waals surface area (Å²) in [6.45, 7) is 9.17. The number of urea groups is 1. The Kier molecular flexibility index (Phi) is 4.40. The number of hydrogen-bond acceptors (Lipinski definition) is 5. The van der Waals surface area contributed by atoms with E-state index in [0.717, 1.165) is 28.6 Å². The quantitative estimate of drug-likeness (QED) is 0.496. The van der Waals surface area contributed by atoms with Gasteiger partial charge in [-0.3, -0.25) is 10.1 Å². The summed E-state index contributed by atoms with van der Waals surface area (Å²) in [4.78, 5) is 22.2. The zero-order valence-electron chi connectivity index (χ0n) is 13.6. The molecular formula is C15H19N3O5S. The fourth-order valence-electron chi connectivity index (χ4n) is 2.67. The number of nitro groups is 1. The van der Waals surface area contributed by atoms with Gasteiger partial charge in [0.1, 0.15) is 0 Å². The van der Waals surface area contributed by atoms with Crippen molar-refractivity contribution >= 4 is 21.7 Å². The summed E-state index contributed by atoms with van der Waals surface area (Å²) in [6.07, 6.45) is 1.42. The number of rotatable bonds is 5. The molecule has 0 radical (unpaired) electrons. The minimum atomic E-state index is -4.17. The lowest BCUT2D eigenvalue weighted by molar-refractivity contribution is -0.384. The number of nitrogens with zero attached hydrogens (tertiary/aromatic N) is 2. The largest absolute Gasteiger partial charge is 0.332 e. The Morgan fingerprint density at radius 1 is 1.38 bits per heavy atom. The van der Waals surface area contributed by atoms with Crippen LogP contribution in [-0.2, 0) is 10.0 Å². The van der Waals surface area contributed by atoms with Gasteiger partial charge in [0, 0.05) is 12.1 Å². The summed E-state index contributed by atoms with van der Waals surface area (Å²) in [7, 11) is -4.17. The summed E-state index contributed by atoms with van der Waals surface area (Å²) in [5.74, 6) is -0.0403. The minimum Gasteiger partial charge on any atom is -0.329 e. The molecule has 2 atom stereocenters. The van der Waals surface area contributed by atoms with Crippen LogP contribution in [-0.4, -0.2) is 35.3 Å². The molecule has 2 rings (SSSR count). The van der Waals surface area contributed by atoms with E-state index < -0.39 is 32.6 Å². The number of carbonyl (C=O) groups excluding carboxylic acids is 1. The second-order valence-corrected chi connectivity index (χ2v) is 7.91. The van der Waals surface area contributed by atoms with Gasteiger partial charge in [-0.1, -0.05) is 19.9 Å². The Hall–Kier alpha value is -2.42. The Balaban J connectivity index is 2.50. The molecule has 1 N–H and O–H groups in total. The van der Waals surface area contributed by atoms with Crippen LogP contribution < -0.4 is 5.32 Å². The highest BCUT2D eigenvalue weighted by Crippen LogP contribution is 2.35. The van der Waals surface area contributed by atoms with Crippen molar-refractivity contribution in [3.8, 4) is 0 Å². The third-order valence-electron chi connectivity index (χ3n) is 4.47. The van der Waals surface area contributed by atoms with Crippen LogP contribution in [0.5, 0.6) is 0 Å². The molecule has 0 bridgehead atoms. The number of benzene rings is 1. The van der Waals surface area contributed by atoms with E-state index in [1.165, 1.54) is 6.08 Å². The van der Waals surface area contributed by atoms with Crippen molar-refractivity contribution in [3.63, 3.8) is 0 Å². The number of amides is 2. The SMILES string of the molecule is C=C[C@@H]1N(S(=O)(=O)c2ccc([N+](=O)[O-])cc2)C(=O)N[C@@]1(C)C(C)C. The molecule has 1 aliphatic rings. The Morgan fingerprint density at radius 3 is 2.33 bits per heavy atom. The van der Waals surface area contributed by atoms with Crippen molar-refractivity contribution in [2.45, 2.75) is 37.2 Å². The van der Waals surface area contributed by atoms with Gasteiger partial charge in [-0.2, -0.15) is 0 Å². The third kappa shape index (κ3) is 2.64. The second kappa shape index (κ2) is 5.90. The maximum atomic E-state index is 12.9. The summed E-state index contributed by atoms with van der Waals surface area (Å²) in [6, 6.07) is 2.90. The summed E-state index contributed by atoms with van der Waals surface area (Å²) >= 11 is 0. The first-order valence-electron chi connectivity index (χ1n) is 7.29. The zero-order valence-corrected chi connectivity index (χ0v) is 14.4. The monoisotopic (exact) mass is 353 g/mol. The minimum absolute atomic E-state index is 0.0403. The lowest BCUT2D eigenvalue weighted by Gasteiger charge is -2.34. The van der Waals surface area contributed by atoms with Gasteiger partial charge in [-0.15, -0.1) is 6.58 Å². The number of non-ortho nitro benzene ring substituents is 1. The average Bonchev–Trinajstić information content (AvgIpc) is 2.79. The Bertz CT molecular complexity index is 788. The first-order valence-corrected chi connectivity index (χ1v) is 8.73. The average molecular weight is 353 g/mol. The topological polar surface area (TPSA) is 110 Å². The van der Waals surface area contributed by atoms with E-state index in [2.05, 4.69) is 11.9 Å². The zero-order chi connectivity index (χ0) is 18.3. The molecule has 0 saturated carbocycles. The first kappa shape index (κ1) is 17.9. The van der Waals surface area contributed by atoms with Gasteiger partial charge in [0.05, 0.1) is 21.4 Å². The standard InChI is InChI=1S/C15H19N3O5S/c1-5-13-15(4,10(2)3)16-14(19)17(13)24(22,23)12-8-6-11(7-9-12)18(20)21/h5-10,13H,1H2,2-4H3,(H,16,19)/t13-,15-/m0/s1. The van der Waals surface area contributed by atoms with Gasteiger partial charge >= 0.3 is 6.03 Å². The lowest BCUT2D eigenvalue weighted by Crippen LogP contribution is -2.51. The van der Waals surface area contributed by atoms with Crippen molar-refractivity contribution in [1.82, 2.24) is 9.62 Å². The molecule has 24 heavy (non-hydrogen) atoms. The molecule has 2 amide bonds. The van der Waals surface area contributed by atoms with E-state index in [1.807, 2.05) is 13.8 Å². The van der Waals surface area contributed by atoms with E-state index in [-0.39, 0.29) is 16.5 Å². The van der Waals surface area contributed by atoms with Gasteiger partial charge in [-0.25, -0.2) is 17.5 Å². The van der Waals surface area contributed by atoms with Crippen molar-refractivity contribution in [1.29, 1.82) is 0 Å². The highest BCUT2D eigenvalue weighted by Gasteiger charge is 2.53. The van der Waals surface area contributed by atoms with E-state index in [4.69, 9.17) is 0 Å². The smallest absolute Gasteiger partial charge is 0.329 e. The van der Waals surface area contributed by atoms with Crippen molar-refractivity contribution in [2.24, 2.45) is 5.92 Å². The third-order valence-corrected chi connectivity index (χ3v) is 6.25. The highest BCUT2D eigenvalue weighted by molar-refractivity contribution is 7.89. The number of hydrogen-bond donors (Lipinski definition) is 1. The van der Waals surface area contributed by atoms with Crippen molar-refractivity contribution in [3.05, 3.63) is 47.0 Å². The molecular weight excluding hydrogens is 334 g/mol. The molecule has 0 unspecified atom stereocenters. The van der Waals surface area contributed by atoms with Crippen LogP contribution in [0, 0.1) is 16.0 Å². The van der Waals surface area contributed by atoms with Gasteiger partial charge < -0.3 is 5.32 Å². The van der Waals surface area contributed by atoms with E-state index >= 15 is 0 Å². The molecule has 130 valence electrons. The molecule has 1 aromatic rings. The maximum absolute atomic E-state index is 12.9. The number of carbonyl (C=O) groups is 1. The van der Waals surface area contributed by atoms with E-state index in [9.17, 15) is 23.3 Å². The molecule has 1 fully saturated rings. The van der Waals surface area contributed by atoms with Crippen molar-refractivity contribution < 1.29 is 18.1 Å². The first-order chi connectivity index (χ1) is 11.1. The fraction of sp³-hybridized carbons (Fsp3) is 0.400. The van der Waals surface area contributed by atoms with Crippen LogP contribution in [0.2, 0.25) is 0 Å². The number of nitrogens with one attached hydrogen (secondary N) is 1. The molecule has 1 aliphatic heterocycles. The van der Waals surface area contributed by atoms with Crippen LogP contribution in [0.3, 0.4) is 0 Å². The number of sulfonamides is 1. The van der Waals surface area contributed by atoms with Gasteiger partial charge in [0.15, 0.2) is 0 Å². The lowest BCUT2D eigenvalue weighted by atomic mass is 9.83. The molecule has 1 saturated heterocycles. The van der Waals surface area contributed by atoms with Crippen LogP contribution >= 0.6 is 0 Å². The van der Waals surface area contributed by atoms with E-state index in [0.29, 0.717) is 0 Å². The molecule has 0 aromatic heterocycles. The molecule has 0 aliphatic carbocycles.